The van der Waals surface area contributed by atoms with E-state index in [1.165, 1.54) is 6.42 Å². The Morgan fingerprint density at radius 3 is 2.66 bits per heavy atom. The fourth-order valence-electron chi connectivity index (χ4n) is 8.21. The second-order valence-electron chi connectivity index (χ2n) is 11.1. The highest BCUT2D eigenvalue weighted by Crippen LogP contribution is 2.65. The van der Waals surface area contributed by atoms with Gasteiger partial charge in [-0.3, -0.25) is 14.6 Å². The van der Waals surface area contributed by atoms with Crippen molar-refractivity contribution in [3.63, 3.8) is 0 Å². The van der Waals surface area contributed by atoms with Crippen LogP contribution in [0.3, 0.4) is 0 Å². The Kier molecular flexibility index (Phi) is 5.19. The molecule has 2 heterocycles. The number of likely N-dealkylation sites (N-methyl/N-ethyl adjacent to an activating group) is 1. The number of anilines is 1. The van der Waals surface area contributed by atoms with E-state index in [4.69, 9.17) is 5.73 Å². The SMILES string of the molecule is CN1C(=O)C=C[C@]2(C)C3CC[C@]4(C)[C@@H](C(N)C(=O)Nc5ccncc5)CC[C@H]4C3CC[C@@H]12. The second kappa shape index (κ2) is 7.68. The number of nitrogens with two attached hydrogens (primary N) is 1. The van der Waals surface area contributed by atoms with Crippen LogP contribution in [-0.4, -0.2) is 40.8 Å². The van der Waals surface area contributed by atoms with Crippen molar-refractivity contribution in [2.45, 2.75) is 64.5 Å². The first-order chi connectivity index (χ1) is 15.3. The molecule has 0 spiro atoms. The lowest BCUT2D eigenvalue weighted by Gasteiger charge is -2.60. The van der Waals surface area contributed by atoms with Gasteiger partial charge in [0.2, 0.25) is 11.8 Å². The van der Waals surface area contributed by atoms with Gasteiger partial charge in [-0.1, -0.05) is 19.9 Å². The van der Waals surface area contributed by atoms with E-state index in [9.17, 15) is 9.59 Å². The van der Waals surface area contributed by atoms with Gasteiger partial charge in [-0.25, -0.2) is 0 Å². The number of hydrogen-bond donors (Lipinski definition) is 2. The molecule has 8 atom stereocenters. The average Bonchev–Trinajstić information content (AvgIpc) is 3.14. The lowest BCUT2D eigenvalue weighted by atomic mass is 9.47. The number of fused-ring (bicyclic) bond motifs is 5. The molecule has 2 amide bonds. The van der Waals surface area contributed by atoms with Crippen LogP contribution in [0.5, 0.6) is 0 Å². The van der Waals surface area contributed by atoms with E-state index in [1.807, 2.05) is 11.9 Å². The summed E-state index contributed by atoms with van der Waals surface area (Å²) in [5, 5.41) is 2.99. The summed E-state index contributed by atoms with van der Waals surface area (Å²) in [6, 6.07) is 3.40. The quantitative estimate of drug-likeness (QED) is 0.758. The molecule has 1 aromatic rings. The molecule has 172 valence electrons. The average molecular weight is 437 g/mol. The maximum Gasteiger partial charge on any atom is 0.246 e. The topological polar surface area (TPSA) is 88.3 Å². The maximum absolute atomic E-state index is 13.0. The summed E-state index contributed by atoms with van der Waals surface area (Å²) >= 11 is 0. The van der Waals surface area contributed by atoms with Crippen molar-refractivity contribution in [1.29, 1.82) is 0 Å². The van der Waals surface area contributed by atoms with Crippen molar-refractivity contribution < 1.29 is 9.59 Å². The van der Waals surface area contributed by atoms with Crippen LogP contribution in [0, 0.1) is 34.5 Å². The van der Waals surface area contributed by atoms with Crippen LogP contribution in [0.1, 0.15) is 52.4 Å². The summed E-state index contributed by atoms with van der Waals surface area (Å²) in [6.45, 7) is 4.77. The van der Waals surface area contributed by atoms with Crippen molar-refractivity contribution in [3.8, 4) is 0 Å². The number of nitrogens with one attached hydrogen (secondary N) is 1. The van der Waals surface area contributed by atoms with Crippen LogP contribution in [0.25, 0.3) is 0 Å². The van der Waals surface area contributed by atoms with Crippen LogP contribution in [0.4, 0.5) is 5.69 Å². The van der Waals surface area contributed by atoms with Gasteiger partial charge in [-0.05, 0) is 85.8 Å². The molecule has 3 aliphatic carbocycles. The van der Waals surface area contributed by atoms with Gasteiger partial charge in [0.05, 0.1) is 6.04 Å². The van der Waals surface area contributed by atoms with Crippen LogP contribution >= 0.6 is 0 Å². The zero-order valence-corrected chi connectivity index (χ0v) is 19.5. The molecule has 1 aromatic heterocycles. The lowest BCUT2D eigenvalue weighted by molar-refractivity contribution is -0.139. The van der Waals surface area contributed by atoms with Gasteiger partial charge in [0.25, 0.3) is 0 Å². The number of rotatable bonds is 3. The molecule has 0 aromatic carbocycles. The van der Waals surface area contributed by atoms with Crippen LogP contribution < -0.4 is 11.1 Å². The summed E-state index contributed by atoms with van der Waals surface area (Å²) < 4.78 is 0. The minimum atomic E-state index is -0.500. The monoisotopic (exact) mass is 436 g/mol. The number of aromatic nitrogens is 1. The standard InChI is InChI=1S/C26H36N4O2/c1-25-12-8-19-17(4-7-21-26(19,2)13-9-22(31)30(21)3)18(25)5-6-20(25)23(27)24(32)29-16-10-14-28-15-11-16/h9-11,13-15,17-21,23H,4-8,12,27H2,1-3H3,(H,28,29,32)/t17?,18-,19?,20+,21+,23?,25-,26+/m0/s1. The molecule has 3 fully saturated rings. The first kappa shape index (κ1) is 21.6. The van der Waals surface area contributed by atoms with E-state index in [1.54, 1.807) is 30.6 Å². The molecule has 0 bridgehead atoms. The van der Waals surface area contributed by atoms with E-state index < -0.39 is 6.04 Å². The third kappa shape index (κ3) is 3.13. The van der Waals surface area contributed by atoms with E-state index >= 15 is 0 Å². The number of nitrogens with zero attached hydrogens (tertiary/aromatic N) is 2. The highest BCUT2D eigenvalue weighted by molar-refractivity contribution is 5.95. The first-order valence-corrected chi connectivity index (χ1v) is 12.2. The van der Waals surface area contributed by atoms with E-state index in [0.29, 0.717) is 23.8 Å². The molecule has 3 unspecified atom stereocenters. The Labute approximate surface area is 191 Å². The van der Waals surface area contributed by atoms with Crippen molar-refractivity contribution in [2.75, 3.05) is 12.4 Å². The Hall–Kier alpha value is -2.21. The van der Waals surface area contributed by atoms with E-state index in [0.717, 1.165) is 37.8 Å². The van der Waals surface area contributed by atoms with E-state index in [2.05, 4.69) is 30.2 Å². The molecule has 32 heavy (non-hydrogen) atoms. The minimum absolute atomic E-state index is 0.0474. The summed E-state index contributed by atoms with van der Waals surface area (Å²) in [5.41, 5.74) is 7.51. The van der Waals surface area contributed by atoms with Gasteiger partial charge in [0.1, 0.15) is 0 Å². The lowest BCUT2D eigenvalue weighted by Crippen LogP contribution is -2.60. The predicted molar refractivity (Wildman–Crippen MR) is 124 cm³/mol. The second-order valence-corrected chi connectivity index (χ2v) is 11.1. The Morgan fingerprint density at radius 2 is 1.91 bits per heavy atom. The molecule has 0 radical (unpaired) electrons. The molecule has 3 saturated carbocycles. The number of carbonyl (C=O) groups is 2. The Bertz CT molecular complexity index is 933. The van der Waals surface area contributed by atoms with Gasteiger partial charge in [-0.2, -0.15) is 0 Å². The summed E-state index contributed by atoms with van der Waals surface area (Å²) in [4.78, 5) is 31.3. The normalized spacial score (nSPS) is 41.4. The largest absolute Gasteiger partial charge is 0.338 e. The van der Waals surface area contributed by atoms with Gasteiger partial charge >= 0.3 is 0 Å². The number of pyridine rings is 1. The van der Waals surface area contributed by atoms with Crippen LogP contribution in [0.15, 0.2) is 36.7 Å². The van der Waals surface area contributed by atoms with Crippen LogP contribution in [-0.2, 0) is 9.59 Å². The highest BCUT2D eigenvalue weighted by atomic mass is 16.2. The molecule has 6 nitrogen and oxygen atoms in total. The predicted octanol–water partition coefficient (Wildman–Crippen LogP) is 3.60. The van der Waals surface area contributed by atoms with Gasteiger partial charge in [-0.15, -0.1) is 0 Å². The third-order valence-corrected chi connectivity index (χ3v) is 9.89. The maximum atomic E-state index is 13.0. The smallest absolute Gasteiger partial charge is 0.246 e. The van der Waals surface area contributed by atoms with Gasteiger partial charge in [0.15, 0.2) is 0 Å². The van der Waals surface area contributed by atoms with E-state index in [-0.39, 0.29) is 28.6 Å². The molecule has 0 saturated heterocycles. The summed E-state index contributed by atoms with van der Waals surface area (Å²) in [5.74, 6) is 2.08. The molecule has 3 N–H and O–H groups in total. The Morgan fingerprint density at radius 1 is 1.16 bits per heavy atom. The summed E-state index contributed by atoms with van der Waals surface area (Å²) in [6.07, 6.45) is 14.0. The van der Waals surface area contributed by atoms with Gasteiger partial charge < -0.3 is 16.0 Å². The van der Waals surface area contributed by atoms with Gasteiger partial charge in [0, 0.05) is 36.6 Å². The van der Waals surface area contributed by atoms with Crippen LogP contribution in [0.2, 0.25) is 0 Å². The first-order valence-electron chi connectivity index (χ1n) is 12.2. The zero-order valence-electron chi connectivity index (χ0n) is 19.5. The zero-order chi connectivity index (χ0) is 22.7. The number of carbonyl (C=O) groups excluding carboxylic acids is 2. The minimum Gasteiger partial charge on any atom is -0.338 e. The molecular formula is C26H36N4O2. The Balaban J connectivity index is 1.35. The highest BCUT2D eigenvalue weighted by Gasteiger charge is 2.61. The number of hydrogen-bond acceptors (Lipinski definition) is 4. The molecule has 5 rings (SSSR count). The third-order valence-electron chi connectivity index (χ3n) is 9.89. The number of amides is 2. The fourth-order valence-corrected chi connectivity index (χ4v) is 8.21. The van der Waals surface area contributed by atoms with Crippen molar-refractivity contribution in [2.24, 2.45) is 40.2 Å². The summed E-state index contributed by atoms with van der Waals surface area (Å²) in [7, 11) is 1.97. The molecular weight excluding hydrogens is 400 g/mol. The van der Waals surface area contributed by atoms with Crippen molar-refractivity contribution in [3.05, 3.63) is 36.7 Å². The van der Waals surface area contributed by atoms with Crippen molar-refractivity contribution >= 4 is 17.5 Å². The molecule has 1 aliphatic heterocycles. The molecule has 6 heteroatoms. The van der Waals surface area contributed by atoms with Crippen molar-refractivity contribution in [1.82, 2.24) is 9.88 Å². The molecule has 4 aliphatic rings. The fraction of sp³-hybridized carbons (Fsp3) is 0.654.